The Labute approximate surface area is 181 Å². The molecule has 5 rings (SSSR count). The van der Waals surface area contributed by atoms with Gasteiger partial charge in [0.05, 0.1) is 17.1 Å². The lowest BCUT2D eigenvalue weighted by molar-refractivity contribution is 0.0946. The third-order valence-corrected chi connectivity index (χ3v) is 7.12. The minimum absolute atomic E-state index is 0.0790. The van der Waals surface area contributed by atoms with E-state index in [-0.39, 0.29) is 11.7 Å². The van der Waals surface area contributed by atoms with E-state index in [1.165, 1.54) is 11.6 Å². The molecule has 1 aromatic heterocycles. The maximum Gasteiger partial charge on any atom is 0.251 e. The first-order chi connectivity index (χ1) is 15.1. The fourth-order valence-corrected chi connectivity index (χ4v) is 5.69. The molecule has 2 fully saturated rings. The molecule has 0 saturated heterocycles. The maximum atomic E-state index is 13.8. The lowest BCUT2D eigenvalue weighted by Gasteiger charge is -2.17. The number of nitriles is 1. The molecule has 0 bridgehead atoms. The first-order valence-corrected chi connectivity index (χ1v) is 10.9. The number of nitrogens with one attached hydrogen (secondary N) is 1. The summed E-state index contributed by atoms with van der Waals surface area (Å²) in [6.45, 7) is 0.694. The Hall–Kier alpha value is -3.26. The van der Waals surface area contributed by atoms with Gasteiger partial charge in [-0.2, -0.15) is 5.26 Å². The van der Waals surface area contributed by atoms with Gasteiger partial charge in [0, 0.05) is 23.7 Å². The van der Waals surface area contributed by atoms with E-state index in [4.69, 9.17) is 5.26 Å². The van der Waals surface area contributed by atoms with Crippen LogP contribution in [0.2, 0.25) is 0 Å². The van der Waals surface area contributed by atoms with Crippen molar-refractivity contribution < 1.29 is 9.18 Å². The van der Waals surface area contributed by atoms with Gasteiger partial charge in [0.2, 0.25) is 0 Å². The summed E-state index contributed by atoms with van der Waals surface area (Å²) >= 11 is 0. The van der Waals surface area contributed by atoms with Gasteiger partial charge in [0.25, 0.3) is 5.91 Å². The van der Waals surface area contributed by atoms with Crippen LogP contribution in [0.3, 0.4) is 0 Å². The second kappa shape index (κ2) is 8.11. The van der Waals surface area contributed by atoms with Crippen molar-refractivity contribution in [2.75, 3.05) is 6.54 Å². The number of nitrogens with zero attached hydrogens (tertiary/aromatic N) is 2. The van der Waals surface area contributed by atoms with Gasteiger partial charge in [-0.15, -0.1) is 0 Å². The number of amides is 1. The van der Waals surface area contributed by atoms with E-state index in [1.807, 2.05) is 6.20 Å². The number of rotatable bonds is 4. The highest BCUT2D eigenvalue weighted by atomic mass is 19.1. The molecule has 2 aromatic carbocycles. The van der Waals surface area contributed by atoms with Crippen LogP contribution in [0.4, 0.5) is 4.39 Å². The largest absolute Gasteiger partial charge is 0.352 e. The monoisotopic (exact) mass is 413 g/mol. The highest BCUT2D eigenvalue weighted by molar-refractivity contribution is 5.94. The van der Waals surface area contributed by atoms with Crippen LogP contribution < -0.4 is 5.32 Å². The number of fused-ring (bicyclic) bond motifs is 2. The third-order valence-electron chi connectivity index (χ3n) is 7.12. The van der Waals surface area contributed by atoms with Gasteiger partial charge in [-0.1, -0.05) is 0 Å². The molecule has 1 N–H and O–H groups in total. The average Bonchev–Trinajstić information content (AvgIpc) is 3.36. The van der Waals surface area contributed by atoms with Crippen molar-refractivity contribution in [3.63, 3.8) is 0 Å². The van der Waals surface area contributed by atoms with E-state index in [2.05, 4.69) is 22.4 Å². The molecular formula is C26H24FN3O. The van der Waals surface area contributed by atoms with Crippen molar-refractivity contribution in [1.82, 2.24) is 10.3 Å². The Balaban J connectivity index is 1.19. The van der Waals surface area contributed by atoms with Crippen LogP contribution in [0.15, 0.2) is 54.7 Å². The van der Waals surface area contributed by atoms with Gasteiger partial charge in [0.1, 0.15) is 5.82 Å². The molecular weight excluding hydrogens is 389 g/mol. The molecule has 0 spiro atoms. The first-order valence-electron chi connectivity index (χ1n) is 10.9. The Kier molecular flexibility index (Phi) is 5.15. The van der Waals surface area contributed by atoms with Crippen LogP contribution in [0.25, 0.3) is 10.9 Å². The summed E-state index contributed by atoms with van der Waals surface area (Å²) in [5, 5.41) is 12.9. The molecule has 4 atom stereocenters. The van der Waals surface area contributed by atoms with Crippen LogP contribution in [0.1, 0.15) is 53.1 Å². The number of hydrogen-bond donors (Lipinski definition) is 1. The zero-order valence-electron chi connectivity index (χ0n) is 17.2. The SMILES string of the molecule is N#Cc1ccc(C(=O)NC[C@H]2C[C@H]3CC(c4ccnc5ccc(F)cc45)C[C@H]3C2)cc1. The van der Waals surface area contributed by atoms with Gasteiger partial charge < -0.3 is 5.32 Å². The molecule has 2 aliphatic rings. The molecule has 31 heavy (non-hydrogen) atoms. The molecule has 1 heterocycles. The Morgan fingerprint density at radius 2 is 1.81 bits per heavy atom. The third kappa shape index (κ3) is 3.90. The van der Waals surface area contributed by atoms with E-state index < -0.39 is 0 Å². The molecule has 1 unspecified atom stereocenters. The number of carbonyl (C=O) groups excluding carboxylic acids is 1. The second-order valence-corrected chi connectivity index (χ2v) is 8.99. The Bertz CT molecular complexity index is 1150. The molecule has 4 nitrogen and oxygen atoms in total. The summed E-state index contributed by atoms with van der Waals surface area (Å²) in [6.07, 6.45) is 6.35. The van der Waals surface area contributed by atoms with Crippen molar-refractivity contribution in [2.45, 2.75) is 31.6 Å². The molecule has 156 valence electrons. The number of pyridine rings is 1. The number of hydrogen-bond acceptors (Lipinski definition) is 3. The predicted octanol–water partition coefficient (Wildman–Crippen LogP) is 5.20. The second-order valence-electron chi connectivity index (χ2n) is 8.99. The Morgan fingerprint density at radius 3 is 2.52 bits per heavy atom. The highest BCUT2D eigenvalue weighted by Gasteiger charge is 2.42. The van der Waals surface area contributed by atoms with Crippen LogP contribution in [0.5, 0.6) is 0 Å². The van der Waals surface area contributed by atoms with Crippen LogP contribution in [-0.2, 0) is 0 Å². The molecule has 1 amide bonds. The van der Waals surface area contributed by atoms with E-state index in [0.717, 1.165) is 36.6 Å². The van der Waals surface area contributed by atoms with Crippen molar-refractivity contribution in [3.05, 3.63) is 77.2 Å². The summed E-state index contributed by atoms with van der Waals surface area (Å²) < 4.78 is 13.8. The van der Waals surface area contributed by atoms with Gasteiger partial charge in [0.15, 0.2) is 0 Å². The molecule has 3 aromatic rings. The summed E-state index contributed by atoms with van der Waals surface area (Å²) in [4.78, 5) is 16.8. The summed E-state index contributed by atoms with van der Waals surface area (Å²) in [5.74, 6) is 2.00. The van der Waals surface area contributed by atoms with Crippen LogP contribution in [0, 0.1) is 34.9 Å². The smallest absolute Gasteiger partial charge is 0.251 e. The van der Waals surface area contributed by atoms with E-state index >= 15 is 0 Å². The van der Waals surface area contributed by atoms with Crippen LogP contribution >= 0.6 is 0 Å². The number of halogens is 1. The van der Waals surface area contributed by atoms with Gasteiger partial charge in [-0.3, -0.25) is 9.78 Å². The first kappa shape index (κ1) is 19.7. The zero-order valence-corrected chi connectivity index (χ0v) is 17.2. The normalized spacial score (nSPS) is 24.6. The molecule has 0 aliphatic heterocycles. The van der Waals surface area contributed by atoms with Gasteiger partial charge in [-0.05, 0) is 103 Å². The van der Waals surface area contributed by atoms with Gasteiger partial charge in [-0.25, -0.2) is 4.39 Å². The zero-order chi connectivity index (χ0) is 21.4. The minimum Gasteiger partial charge on any atom is -0.352 e. The summed E-state index contributed by atoms with van der Waals surface area (Å²) in [7, 11) is 0. The van der Waals surface area contributed by atoms with E-state index in [9.17, 15) is 9.18 Å². The highest BCUT2D eigenvalue weighted by Crippen LogP contribution is 2.53. The summed E-state index contributed by atoms with van der Waals surface area (Å²) in [6, 6.07) is 15.7. The quantitative estimate of drug-likeness (QED) is 0.640. The van der Waals surface area contributed by atoms with Gasteiger partial charge >= 0.3 is 0 Å². The van der Waals surface area contributed by atoms with E-state index in [0.29, 0.717) is 41.3 Å². The van der Waals surface area contributed by atoms with Crippen molar-refractivity contribution >= 4 is 16.8 Å². The predicted molar refractivity (Wildman–Crippen MR) is 117 cm³/mol. The van der Waals surface area contributed by atoms with Crippen LogP contribution in [-0.4, -0.2) is 17.4 Å². The molecule has 5 heteroatoms. The van der Waals surface area contributed by atoms with Crippen molar-refractivity contribution in [1.29, 1.82) is 5.26 Å². The molecule has 2 aliphatic carbocycles. The molecule has 2 saturated carbocycles. The fourth-order valence-electron chi connectivity index (χ4n) is 5.69. The standard InChI is InChI=1S/C26H24FN3O/c27-22-5-6-25-24(13-22)23(7-8-29-25)21-11-19-9-17(10-20(19)12-21)15-30-26(31)18-3-1-16(14-28)2-4-18/h1-8,13,17,19-21H,9-12,15H2,(H,30,31)/t17-,19-,20+,21?. The number of aromatic nitrogens is 1. The van der Waals surface area contributed by atoms with Crippen molar-refractivity contribution in [2.24, 2.45) is 17.8 Å². The number of carbonyl (C=O) groups is 1. The lowest BCUT2D eigenvalue weighted by atomic mass is 9.90. The average molecular weight is 413 g/mol. The topological polar surface area (TPSA) is 65.8 Å². The van der Waals surface area contributed by atoms with Crippen molar-refractivity contribution in [3.8, 4) is 6.07 Å². The molecule has 0 radical (unpaired) electrons. The fraction of sp³-hybridized carbons (Fsp3) is 0.346. The minimum atomic E-state index is -0.210. The number of benzene rings is 2. The van der Waals surface area contributed by atoms with E-state index in [1.54, 1.807) is 36.4 Å². The Morgan fingerprint density at radius 1 is 1.06 bits per heavy atom. The summed E-state index contributed by atoms with van der Waals surface area (Å²) in [5.41, 5.74) is 3.23. The maximum absolute atomic E-state index is 13.8. The lowest BCUT2D eigenvalue weighted by Crippen LogP contribution is -2.28.